The van der Waals surface area contributed by atoms with Crippen molar-refractivity contribution in [3.63, 3.8) is 0 Å². The summed E-state index contributed by atoms with van der Waals surface area (Å²) in [5.74, 6) is -0.733. The second-order valence-electron chi connectivity index (χ2n) is 1.08. The summed E-state index contributed by atoms with van der Waals surface area (Å²) in [5, 5.41) is 0. The van der Waals surface area contributed by atoms with Crippen LogP contribution in [-0.2, 0) is 34.0 Å². The second kappa shape index (κ2) is 3.35. The molecule has 1 unspecified atom stereocenters. The van der Waals surface area contributed by atoms with Crippen molar-refractivity contribution >= 4 is 5.97 Å². The SMILES string of the molecule is CC(F)C(=O)[O][Hg]. The minimum atomic E-state index is -1.45. The van der Waals surface area contributed by atoms with Crippen molar-refractivity contribution in [2.75, 3.05) is 0 Å². The molecule has 0 saturated heterocycles. The number of hydrogen-bond donors (Lipinski definition) is 0. The molecule has 0 heterocycles. The van der Waals surface area contributed by atoms with E-state index in [0.717, 1.165) is 6.92 Å². The Hall–Kier alpha value is 0.335. The first-order valence-electron chi connectivity index (χ1n) is 1.78. The number of hydrogen-bond acceptors (Lipinski definition) is 2. The summed E-state index contributed by atoms with van der Waals surface area (Å²) in [4.78, 5) is 9.96. The van der Waals surface area contributed by atoms with Gasteiger partial charge < -0.3 is 0 Å². The Balaban J connectivity index is 3.35. The molecule has 1 atom stereocenters. The molecule has 0 aromatic carbocycles. The van der Waals surface area contributed by atoms with Gasteiger partial charge in [0.15, 0.2) is 0 Å². The zero-order valence-electron chi connectivity index (χ0n) is 3.98. The van der Waals surface area contributed by atoms with E-state index in [2.05, 4.69) is 2.64 Å². The third-order valence-electron chi connectivity index (χ3n) is 0.467. The van der Waals surface area contributed by atoms with Gasteiger partial charge >= 0.3 is 57.5 Å². The first-order valence-corrected chi connectivity index (χ1v) is 4.03. The molecule has 0 amide bonds. The van der Waals surface area contributed by atoms with E-state index in [4.69, 9.17) is 0 Å². The van der Waals surface area contributed by atoms with Crippen molar-refractivity contribution in [3.05, 3.63) is 0 Å². The summed E-state index contributed by atoms with van der Waals surface area (Å²) in [6.45, 7) is 1.16. The molecular weight excluding hydrogens is 288 g/mol. The summed E-state index contributed by atoms with van der Waals surface area (Å²) in [6.07, 6.45) is -1.45. The van der Waals surface area contributed by atoms with Gasteiger partial charge in [0, 0.05) is 0 Å². The Morgan fingerprint density at radius 1 is 2.00 bits per heavy atom. The van der Waals surface area contributed by atoms with Gasteiger partial charge in [0.1, 0.15) is 0 Å². The van der Waals surface area contributed by atoms with Crippen molar-refractivity contribution in [2.24, 2.45) is 0 Å². The van der Waals surface area contributed by atoms with Gasteiger partial charge in [0.05, 0.1) is 0 Å². The van der Waals surface area contributed by atoms with Crippen molar-refractivity contribution in [1.29, 1.82) is 0 Å². The second-order valence-corrected chi connectivity index (χ2v) is 2.20. The van der Waals surface area contributed by atoms with E-state index in [1.54, 1.807) is 0 Å². The number of carbonyl (C=O) groups excluding carboxylic acids is 1. The van der Waals surface area contributed by atoms with Crippen LogP contribution in [0.5, 0.6) is 0 Å². The van der Waals surface area contributed by atoms with Crippen LogP contribution >= 0.6 is 0 Å². The fraction of sp³-hybridized carbons (Fsp3) is 0.667. The molecule has 0 radical (unpaired) electrons. The van der Waals surface area contributed by atoms with Crippen molar-refractivity contribution in [2.45, 2.75) is 13.1 Å². The predicted octanol–water partition coefficient (Wildman–Crippen LogP) is 0.349. The van der Waals surface area contributed by atoms with Gasteiger partial charge in [-0.3, -0.25) is 0 Å². The molecule has 0 bridgehead atoms. The summed E-state index contributed by atoms with van der Waals surface area (Å²) in [6, 6.07) is 0. The number of alkyl halides is 1. The third kappa shape index (κ3) is 2.97. The zero-order chi connectivity index (χ0) is 5.86. The molecule has 0 spiro atoms. The average Bonchev–Trinajstić information content (AvgIpc) is 1.65. The predicted molar refractivity (Wildman–Crippen MR) is 16.7 cm³/mol. The molecule has 0 N–H and O–H groups in total. The molecular formula is C3H4FHgO2. The van der Waals surface area contributed by atoms with Crippen LogP contribution in [0.1, 0.15) is 6.92 Å². The fourth-order valence-electron chi connectivity index (χ4n) is 0.115. The monoisotopic (exact) mass is 293 g/mol. The Kier molecular flexibility index (Phi) is 3.51. The Labute approximate surface area is 57.7 Å². The Morgan fingerprint density at radius 3 is 2.43 bits per heavy atom. The number of halogens is 1. The fourth-order valence-corrected chi connectivity index (χ4v) is 1.01. The van der Waals surface area contributed by atoms with E-state index in [0.29, 0.717) is 0 Å². The molecule has 0 aromatic rings. The maximum absolute atomic E-state index is 11.7. The van der Waals surface area contributed by atoms with Crippen LogP contribution in [0.15, 0.2) is 0 Å². The van der Waals surface area contributed by atoms with Crippen LogP contribution in [-0.4, -0.2) is 12.1 Å². The van der Waals surface area contributed by atoms with Crippen molar-refractivity contribution in [1.82, 2.24) is 0 Å². The molecule has 0 aromatic heterocycles. The summed E-state index contributed by atoms with van der Waals surface area (Å²) < 4.78 is 15.8. The van der Waals surface area contributed by atoms with E-state index in [9.17, 15) is 9.18 Å². The quantitative estimate of drug-likeness (QED) is 0.652. The van der Waals surface area contributed by atoms with Gasteiger partial charge in [-0.25, -0.2) is 0 Å². The molecule has 2 nitrogen and oxygen atoms in total. The Bertz CT molecular complexity index is 73.3. The van der Waals surface area contributed by atoms with Crippen molar-refractivity contribution < 1.29 is 38.4 Å². The van der Waals surface area contributed by atoms with E-state index < -0.39 is 12.1 Å². The number of carbonyl (C=O) groups is 1. The van der Waals surface area contributed by atoms with Gasteiger partial charge in [-0.1, -0.05) is 0 Å². The summed E-state index contributed by atoms with van der Waals surface area (Å²) >= 11 is -0.0669. The number of rotatable bonds is 1. The van der Waals surface area contributed by atoms with Crippen molar-refractivity contribution in [3.8, 4) is 0 Å². The molecule has 0 aliphatic heterocycles. The van der Waals surface area contributed by atoms with Gasteiger partial charge in [0.25, 0.3) is 0 Å². The van der Waals surface area contributed by atoms with Crippen LogP contribution < -0.4 is 0 Å². The van der Waals surface area contributed by atoms with Crippen LogP contribution in [0, 0.1) is 0 Å². The first-order chi connectivity index (χ1) is 3.18. The van der Waals surface area contributed by atoms with Gasteiger partial charge in [-0.05, 0) is 0 Å². The molecule has 0 saturated carbocycles. The van der Waals surface area contributed by atoms with Crippen LogP contribution in [0.25, 0.3) is 0 Å². The zero-order valence-corrected chi connectivity index (χ0v) is 9.48. The minimum absolute atomic E-state index is 0.0669. The van der Waals surface area contributed by atoms with E-state index in [1.807, 2.05) is 0 Å². The molecule has 0 rings (SSSR count). The third-order valence-corrected chi connectivity index (χ3v) is 1.57. The molecule has 37 valence electrons. The van der Waals surface area contributed by atoms with Crippen LogP contribution in [0.2, 0.25) is 0 Å². The van der Waals surface area contributed by atoms with Gasteiger partial charge in [-0.2, -0.15) is 0 Å². The molecule has 0 aliphatic rings. The standard InChI is InChI=1S/C3H5FO2.Hg/c1-2(4)3(5)6;/h2H,1H3,(H,5,6);/q;+1/p-1. The maximum atomic E-state index is 11.7. The van der Waals surface area contributed by atoms with E-state index in [-0.39, 0.29) is 26.6 Å². The first kappa shape index (κ1) is 7.34. The molecule has 7 heavy (non-hydrogen) atoms. The average molecular weight is 292 g/mol. The topological polar surface area (TPSA) is 26.3 Å². The summed E-state index contributed by atoms with van der Waals surface area (Å²) in [5.41, 5.74) is 0. The van der Waals surface area contributed by atoms with Crippen LogP contribution in [0.4, 0.5) is 4.39 Å². The Morgan fingerprint density at radius 2 is 2.43 bits per heavy atom. The van der Waals surface area contributed by atoms with E-state index in [1.165, 1.54) is 0 Å². The van der Waals surface area contributed by atoms with Gasteiger partial charge in [0.2, 0.25) is 0 Å². The summed E-state index contributed by atoms with van der Waals surface area (Å²) in [7, 11) is 0. The molecule has 0 aliphatic carbocycles. The molecule has 0 fully saturated rings. The van der Waals surface area contributed by atoms with E-state index >= 15 is 0 Å². The molecule has 4 heteroatoms. The normalized spacial score (nSPS) is 13.1. The van der Waals surface area contributed by atoms with Gasteiger partial charge in [-0.15, -0.1) is 0 Å². The van der Waals surface area contributed by atoms with Crippen LogP contribution in [0.3, 0.4) is 0 Å².